The van der Waals surface area contributed by atoms with Crippen LogP contribution in [-0.2, 0) is 0 Å². The lowest BCUT2D eigenvalue weighted by molar-refractivity contribution is 0.520. The van der Waals surface area contributed by atoms with E-state index in [-0.39, 0.29) is 6.04 Å². The Hall–Kier alpha value is -1.35. The second-order valence-corrected chi connectivity index (χ2v) is 6.38. The molecule has 0 aliphatic carbocycles. The van der Waals surface area contributed by atoms with Gasteiger partial charge in [0.1, 0.15) is 0 Å². The molecule has 0 amide bonds. The van der Waals surface area contributed by atoms with E-state index in [2.05, 4.69) is 60.9 Å². The average Bonchev–Trinajstić information content (AvgIpc) is 2.53. The van der Waals surface area contributed by atoms with Gasteiger partial charge in [0.15, 0.2) is 0 Å². The summed E-state index contributed by atoms with van der Waals surface area (Å²) in [6.45, 7) is 7.39. The fourth-order valence-corrected chi connectivity index (χ4v) is 2.55. The van der Waals surface area contributed by atoms with Gasteiger partial charge in [0.05, 0.1) is 6.04 Å². The summed E-state index contributed by atoms with van der Waals surface area (Å²) in [5.74, 6) is 0.682. The smallest absolute Gasteiger partial charge is 0.0577 e. The highest BCUT2D eigenvalue weighted by atomic mass is 35.5. The van der Waals surface area contributed by atoms with Crippen LogP contribution in [0.5, 0.6) is 0 Å². The van der Waals surface area contributed by atoms with Crippen LogP contribution in [0.4, 0.5) is 0 Å². The third-order valence-electron chi connectivity index (χ3n) is 3.54. The zero-order valence-corrected chi connectivity index (χ0v) is 14.1. The van der Waals surface area contributed by atoms with Crippen LogP contribution in [-0.4, -0.2) is 19.6 Å². The topological polar surface area (TPSA) is 24.1 Å². The van der Waals surface area contributed by atoms with Gasteiger partial charge in [-0.05, 0) is 35.7 Å². The first-order valence-corrected chi connectivity index (χ1v) is 8.29. The number of hydrogen-bond donors (Lipinski definition) is 2. The largest absolute Gasteiger partial charge is 0.315 e. The van der Waals surface area contributed by atoms with Crippen molar-refractivity contribution >= 4 is 11.6 Å². The lowest BCUT2D eigenvalue weighted by Gasteiger charge is -2.20. The predicted molar refractivity (Wildman–Crippen MR) is 95.4 cm³/mol. The number of halogens is 1. The SMILES string of the molecule is CC(C)CNCCN[C@H](c1ccccc1)c1ccc(Cl)cc1. The Balaban J connectivity index is 2.01. The van der Waals surface area contributed by atoms with Crippen molar-refractivity contribution in [2.45, 2.75) is 19.9 Å². The zero-order chi connectivity index (χ0) is 15.8. The quantitative estimate of drug-likeness (QED) is 0.711. The number of hydrogen-bond acceptors (Lipinski definition) is 2. The molecule has 0 spiro atoms. The lowest BCUT2D eigenvalue weighted by atomic mass is 9.99. The molecule has 0 aromatic heterocycles. The molecule has 3 heteroatoms. The Morgan fingerprint density at radius 3 is 2.14 bits per heavy atom. The minimum absolute atomic E-state index is 0.194. The Labute approximate surface area is 138 Å². The molecule has 2 nitrogen and oxygen atoms in total. The van der Waals surface area contributed by atoms with Gasteiger partial charge in [-0.15, -0.1) is 0 Å². The van der Waals surface area contributed by atoms with Gasteiger partial charge in [0.2, 0.25) is 0 Å². The van der Waals surface area contributed by atoms with Crippen molar-refractivity contribution in [2.24, 2.45) is 5.92 Å². The van der Waals surface area contributed by atoms with Gasteiger partial charge in [0, 0.05) is 18.1 Å². The molecular formula is C19H25ClN2. The third kappa shape index (κ3) is 5.45. The molecule has 2 aromatic rings. The summed E-state index contributed by atoms with van der Waals surface area (Å²) < 4.78 is 0. The standard InChI is InChI=1S/C19H25ClN2/c1-15(2)14-21-12-13-22-19(16-6-4-3-5-7-16)17-8-10-18(20)11-9-17/h3-11,15,19,21-22H,12-14H2,1-2H3/t19-/m1/s1. The second-order valence-electron chi connectivity index (χ2n) is 5.95. The summed E-state index contributed by atoms with van der Waals surface area (Å²) >= 11 is 6.01. The summed E-state index contributed by atoms with van der Waals surface area (Å²) in [7, 11) is 0. The van der Waals surface area contributed by atoms with E-state index >= 15 is 0 Å². The molecule has 0 bridgehead atoms. The predicted octanol–water partition coefficient (Wildman–Crippen LogP) is 4.26. The Kier molecular flexibility index (Phi) is 6.91. The van der Waals surface area contributed by atoms with Crippen molar-refractivity contribution in [1.29, 1.82) is 0 Å². The maximum Gasteiger partial charge on any atom is 0.0577 e. The van der Waals surface area contributed by atoms with Gasteiger partial charge in [0.25, 0.3) is 0 Å². The van der Waals surface area contributed by atoms with Crippen LogP contribution in [0.3, 0.4) is 0 Å². The van der Waals surface area contributed by atoms with E-state index in [1.54, 1.807) is 0 Å². The Morgan fingerprint density at radius 2 is 1.50 bits per heavy atom. The van der Waals surface area contributed by atoms with Gasteiger partial charge >= 0.3 is 0 Å². The van der Waals surface area contributed by atoms with E-state index in [4.69, 9.17) is 11.6 Å². The molecule has 2 N–H and O–H groups in total. The van der Waals surface area contributed by atoms with E-state index in [1.807, 2.05) is 18.2 Å². The maximum absolute atomic E-state index is 6.01. The van der Waals surface area contributed by atoms with Crippen molar-refractivity contribution in [3.05, 3.63) is 70.7 Å². The molecule has 118 valence electrons. The van der Waals surface area contributed by atoms with Gasteiger partial charge < -0.3 is 10.6 Å². The molecule has 0 saturated heterocycles. The van der Waals surface area contributed by atoms with Crippen LogP contribution in [0.25, 0.3) is 0 Å². The van der Waals surface area contributed by atoms with E-state index < -0.39 is 0 Å². The van der Waals surface area contributed by atoms with Crippen molar-refractivity contribution in [1.82, 2.24) is 10.6 Å². The molecule has 1 atom stereocenters. The van der Waals surface area contributed by atoms with Gasteiger partial charge in [-0.25, -0.2) is 0 Å². The molecule has 0 saturated carbocycles. The average molecular weight is 317 g/mol. The first-order chi connectivity index (χ1) is 10.7. The molecular weight excluding hydrogens is 292 g/mol. The molecule has 0 radical (unpaired) electrons. The van der Waals surface area contributed by atoms with Gasteiger partial charge in [-0.3, -0.25) is 0 Å². The fourth-order valence-electron chi connectivity index (χ4n) is 2.42. The number of nitrogens with one attached hydrogen (secondary N) is 2. The van der Waals surface area contributed by atoms with E-state index in [1.165, 1.54) is 11.1 Å². The minimum atomic E-state index is 0.194. The van der Waals surface area contributed by atoms with E-state index in [0.717, 1.165) is 24.7 Å². The molecule has 0 unspecified atom stereocenters. The summed E-state index contributed by atoms with van der Waals surface area (Å²) in [5.41, 5.74) is 2.51. The Bertz CT molecular complexity index is 537. The molecule has 22 heavy (non-hydrogen) atoms. The van der Waals surface area contributed by atoms with Crippen molar-refractivity contribution < 1.29 is 0 Å². The fraction of sp³-hybridized carbons (Fsp3) is 0.368. The number of rotatable bonds is 8. The van der Waals surface area contributed by atoms with Crippen molar-refractivity contribution in [3.63, 3.8) is 0 Å². The van der Waals surface area contributed by atoms with Crippen LogP contribution >= 0.6 is 11.6 Å². The Morgan fingerprint density at radius 1 is 0.864 bits per heavy atom. The molecule has 0 aliphatic rings. The van der Waals surface area contributed by atoms with Crippen LogP contribution in [0.1, 0.15) is 31.0 Å². The molecule has 2 rings (SSSR count). The normalized spacial score (nSPS) is 12.5. The van der Waals surface area contributed by atoms with Crippen LogP contribution in [0.2, 0.25) is 5.02 Å². The molecule has 0 heterocycles. The van der Waals surface area contributed by atoms with Gasteiger partial charge in [-0.2, -0.15) is 0 Å². The first-order valence-electron chi connectivity index (χ1n) is 7.91. The highest BCUT2D eigenvalue weighted by Gasteiger charge is 2.12. The zero-order valence-electron chi connectivity index (χ0n) is 13.4. The van der Waals surface area contributed by atoms with Crippen LogP contribution < -0.4 is 10.6 Å². The summed E-state index contributed by atoms with van der Waals surface area (Å²) in [6.07, 6.45) is 0. The number of benzene rings is 2. The highest BCUT2D eigenvalue weighted by molar-refractivity contribution is 6.30. The summed E-state index contributed by atoms with van der Waals surface area (Å²) in [6, 6.07) is 18.8. The van der Waals surface area contributed by atoms with Crippen LogP contribution in [0.15, 0.2) is 54.6 Å². The lowest BCUT2D eigenvalue weighted by Crippen LogP contribution is -2.32. The van der Waals surface area contributed by atoms with E-state index in [0.29, 0.717) is 5.92 Å². The summed E-state index contributed by atoms with van der Waals surface area (Å²) in [5, 5.41) is 7.88. The van der Waals surface area contributed by atoms with Gasteiger partial charge in [-0.1, -0.05) is 67.9 Å². The van der Waals surface area contributed by atoms with Crippen LogP contribution in [0, 0.1) is 5.92 Å². The van der Waals surface area contributed by atoms with Crippen molar-refractivity contribution in [2.75, 3.05) is 19.6 Å². The monoisotopic (exact) mass is 316 g/mol. The molecule has 0 fully saturated rings. The van der Waals surface area contributed by atoms with E-state index in [9.17, 15) is 0 Å². The molecule has 2 aromatic carbocycles. The molecule has 0 aliphatic heterocycles. The summed E-state index contributed by atoms with van der Waals surface area (Å²) in [4.78, 5) is 0. The second kappa shape index (κ2) is 8.94. The highest BCUT2D eigenvalue weighted by Crippen LogP contribution is 2.23. The van der Waals surface area contributed by atoms with Crippen molar-refractivity contribution in [3.8, 4) is 0 Å². The third-order valence-corrected chi connectivity index (χ3v) is 3.79. The minimum Gasteiger partial charge on any atom is -0.315 e. The first kappa shape index (κ1) is 17.0. The maximum atomic E-state index is 6.01.